The van der Waals surface area contributed by atoms with E-state index in [4.69, 9.17) is 9.47 Å². The lowest BCUT2D eigenvalue weighted by atomic mass is 10.2. The van der Waals surface area contributed by atoms with E-state index in [1.54, 1.807) is 18.1 Å². The van der Waals surface area contributed by atoms with Crippen LogP contribution in [0.4, 0.5) is 0 Å². The van der Waals surface area contributed by atoms with Gasteiger partial charge in [-0.15, -0.1) is 11.3 Å². The summed E-state index contributed by atoms with van der Waals surface area (Å²) in [6.07, 6.45) is 2.00. The molecule has 0 radical (unpaired) electrons. The van der Waals surface area contributed by atoms with E-state index >= 15 is 0 Å². The zero-order valence-corrected chi connectivity index (χ0v) is 15.2. The molecule has 1 aromatic heterocycles. The summed E-state index contributed by atoms with van der Waals surface area (Å²) in [6, 6.07) is 11.5. The van der Waals surface area contributed by atoms with Crippen LogP contribution in [0.2, 0.25) is 0 Å². The first kappa shape index (κ1) is 17.5. The van der Waals surface area contributed by atoms with Gasteiger partial charge in [-0.25, -0.2) is 4.79 Å². The van der Waals surface area contributed by atoms with Gasteiger partial charge in [-0.2, -0.15) is 0 Å². The monoisotopic (exact) mass is 359 g/mol. The lowest BCUT2D eigenvalue weighted by Crippen LogP contribution is -2.36. The quantitative estimate of drug-likeness (QED) is 0.711. The van der Waals surface area contributed by atoms with E-state index in [2.05, 4.69) is 0 Å². The second-order valence-corrected chi connectivity index (χ2v) is 7.38. The first-order chi connectivity index (χ1) is 12.1. The number of carbonyl (C=O) groups excluding carboxylic acids is 2. The molecule has 0 unspecified atom stereocenters. The summed E-state index contributed by atoms with van der Waals surface area (Å²) < 4.78 is 10.3. The predicted molar refractivity (Wildman–Crippen MR) is 95.9 cm³/mol. The van der Waals surface area contributed by atoms with Crippen molar-refractivity contribution in [3.05, 3.63) is 51.7 Å². The summed E-state index contributed by atoms with van der Waals surface area (Å²) in [6.45, 7) is 2.22. The van der Waals surface area contributed by atoms with Crippen LogP contribution in [-0.2, 0) is 16.1 Å². The number of ether oxygens (including phenoxy) is 2. The van der Waals surface area contributed by atoms with Crippen molar-refractivity contribution in [2.75, 3.05) is 13.7 Å². The third kappa shape index (κ3) is 4.60. The summed E-state index contributed by atoms with van der Waals surface area (Å²) in [5.74, 6) is 0.194. The molecule has 1 heterocycles. The van der Waals surface area contributed by atoms with Crippen molar-refractivity contribution in [2.45, 2.75) is 32.4 Å². The molecular formula is C19H21NO4S. The molecule has 25 heavy (non-hydrogen) atoms. The topological polar surface area (TPSA) is 55.8 Å². The van der Waals surface area contributed by atoms with Gasteiger partial charge < -0.3 is 14.4 Å². The maximum Gasteiger partial charge on any atom is 0.348 e. The highest BCUT2D eigenvalue weighted by Crippen LogP contribution is 2.29. The van der Waals surface area contributed by atoms with Gasteiger partial charge >= 0.3 is 5.97 Å². The van der Waals surface area contributed by atoms with Gasteiger partial charge in [0.25, 0.3) is 5.91 Å². The van der Waals surface area contributed by atoms with Crippen LogP contribution < -0.4 is 4.74 Å². The van der Waals surface area contributed by atoms with Gasteiger partial charge in [0.15, 0.2) is 6.61 Å². The van der Waals surface area contributed by atoms with Gasteiger partial charge in [0.05, 0.1) is 7.11 Å². The Balaban J connectivity index is 1.58. The van der Waals surface area contributed by atoms with E-state index in [1.165, 1.54) is 11.3 Å². The van der Waals surface area contributed by atoms with Crippen LogP contribution in [0.3, 0.4) is 0 Å². The molecule has 1 amide bonds. The minimum atomic E-state index is -0.438. The van der Waals surface area contributed by atoms with Gasteiger partial charge in [-0.3, -0.25) is 4.79 Å². The Bertz CT molecular complexity index is 749. The summed E-state index contributed by atoms with van der Waals surface area (Å²) in [7, 11) is 1.62. The number of amides is 1. The van der Waals surface area contributed by atoms with Crippen LogP contribution in [-0.4, -0.2) is 36.5 Å². The third-order valence-electron chi connectivity index (χ3n) is 4.09. The second kappa shape index (κ2) is 7.70. The van der Waals surface area contributed by atoms with Crippen LogP contribution in [0.5, 0.6) is 5.75 Å². The van der Waals surface area contributed by atoms with E-state index in [0.29, 0.717) is 11.4 Å². The van der Waals surface area contributed by atoms with Gasteiger partial charge in [0, 0.05) is 17.5 Å². The first-order valence-electron chi connectivity index (χ1n) is 8.23. The minimum Gasteiger partial charge on any atom is -0.497 e. The lowest BCUT2D eigenvalue weighted by Gasteiger charge is -2.22. The number of thiophene rings is 1. The van der Waals surface area contributed by atoms with E-state index in [-0.39, 0.29) is 18.6 Å². The molecule has 1 saturated carbocycles. The smallest absolute Gasteiger partial charge is 0.348 e. The number of nitrogens with zero attached hydrogens (tertiary/aromatic N) is 1. The van der Waals surface area contributed by atoms with E-state index in [0.717, 1.165) is 29.0 Å². The molecule has 0 saturated heterocycles. The van der Waals surface area contributed by atoms with Crippen LogP contribution in [0.1, 0.15) is 33.0 Å². The Labute approximate surface area is 151 Å². The average molecular weight is 359 g/mol. The molecule has 132 valence electrons. The van der Waals surface area contributed by atoms with Crippen molar-refractivity contribution in [1.82, 2.24) is 4.90 Å². The predicted octanol–water partition coefficient (Wildman–Crippen LogP) is 3.41. The van der Waals surface area contributed by atoms with E-state index in [1.807, 2.05) is 37.3 Å². The number of aryl methyl sites for hydroxylation is 1. The van der Waals surface area contributed by atoms with Gasteiger partial charge in [0.2, 0.25) is 0 Å². The number of esters is 1. The van der Waals surface area contributed by atoms with Gasteiger partial charge in [-0.1, -0.05) is 12.1 Å². The van der Waals surface area contributed by atoms with Crippen molar-refractivity contribution >= 4 is 23.2 Å². The Morgan fingerprint density at radius 1 is 1.16 bits per heavy atom. The van der Waals surface area contributed by atoms with Crippen LogP contribution >= 0.6 is 11.3 Å². The molecule has 2 aromatic rings. The third-order valence-corrected chi connectivity index (χ3v) is 5.07. The molecule has 5 nitrogen and oxygen atoms in total. The molecule has 1 fully saturated rings. The number of methoxy groups -OCH3 is 1. The van der Waals surface area contributed by atoms with Gasteiger partial charge in [-0.05, 0) is 49.6 Å². The lowest BCUT2D eigenvalue weighted by molar-refractivity contribution is -0.135. The Morgan fingerprint density at radius 2 is 1.88 bits per heavy atom. The molecule has 0 spiro atoms. The Hall–Kier alpha value is -2.34. The van der Waals surface area contributed by atoms with Crippen molar-refractivity contribution in [2.24, 2.45) is 0 Å². The highest BCUT2D eigenvalue weighted by atomic mass is 32.1. The van der Waals surface area contributed by atoms with Crippen LogP contribution in [0.15, 0.2) is 36.4 Å². The molecule has 0 bridgehead atoms. The SMILES string of the molecule is COc1ccc(CN(C(=O)COC(=O)c2ccc(C)s2)C2CC2)cc1. The van der Waals surface area contributed by atoms with Crippen molar-refractivity contribution in [1.29, 1.82) is 0 Å². The summed E-state index contributed by atoms with van der Waals surface area (Å²) in [5.41, 5.74) is 1.03. The number of hydrogen-bond acceptors (Lipinski definition) is 5. The molecule has 1 aliphatic rings. The van der Waals surface area contributed by atoms with E-state index in [9.17, 15) is 9.59 Å². The summed E-state index contributed by atoms with van der Waals surface area (Å²) >= 11 is 1.37. The average Bonchev–Trinajstić information content (AvgIpc) is 3.38. The second-order valence-electron chi connectivity index (χ2n) is 6.09. The standard InChI is InChI=1S/C19H21NO4S/c1-13-3-10-17(25-13)19(22)24-12-18(21)20(15-6-7-15)11-14-4-8-16(23-2)9-5-14/h3-5,8-10,15H,6-7,11-12H2,1-2H3. The molecule has 1 aromatic carbocycles. The molecule has 0 atom stereocenters. The zero-order valence-electron chi connectivity index (χ0n) is 14.4. The summed E-state index contributed by atoms with van der Waals surface area (Å²) in [4.78, 5) is 27.9. The molecule has 3 rings (SSSR count). The van der Waals surface area contributed by atoms with Crippen LogP contribution in [0.25, 0.3) is 0 Å². The van der Waals surface area contributed by atoms with Crippen LogP contribution in [0, 0.1) is 6.92 Å². The fourth-order valence-electron chi connectivity index (χ4n) is 2.56. The van der Waals surface area contributed by atoms with Crippen molar-refractivity contribution in [3.63, 3.8) is 0 Å². The maximum absolute atomic E-state index is 12.5. The highest BCUT2D eigenvalue weighted by Gasteiger charge is 2.33. The number of rotatable bonds is 7. The molecule has 0 N–H and O–H groups in total. The number of benzene rings is 1. The molecular weight excluding hydrogens is 338 g/mol. The van der Waals surface area contributed by atoms with Crippen molar-refractivity contribution in [3.8, 4) is 5.75 Å². The fourth-order valence-corrected chi connectivity index (χ4v) is 3.32. The number of hydrogen-bond donors (Lipinski definition) is 0. The molecule has 0 aliphatic heterocycles. The van der Waals surface area contributed by atoms with Crippen molar-refractivity contribution < 1.29 is 19.1 Å². The molecule has 6 heteroatoms. The molecule has 1 aliphatic carbocycles. The van der Waals surface area contributed by atoms with E-state index < -0.39 is 5.97 Å². The number of carbonyl (C=O) groups is 2. The normalized spacial score (nSPS) is 13.4. The highest BCUT2D eigenvalue weighted by molar-refractivity contribution is 7.13. The fraction of sp³-hybridized carbons (Fsp3) is 0.368. The zero-order chi connectivity index (χ0) is 17.8. The largest absolute Gasteiger partial charge is 0.497 e. The van der Waals surface area contributed by atoms with Gasteiger partial charge in [0.1, 0.15) is 10.6 Å². The summed E-state index contributed by atoms with van der Waals surface area (Å²) in [5, 5.41) is 0. The minimum absolute atomic E-state index is 0.153. The Morgan fingerprint density at radius 3 is 2.44 bits per heavy atom. The Kier molecular flexibility index (Phi) is 5.38. The first-order valence-corrected chi connectivity index (χ1v) is 9.04. The maximum atomic E-state index is 12.5.